The zero-order valence-corrected chi connectivity index (χ0v) is 12.1. The molecule has 2 aromatic rings. The van der Waals surface area contributed by atoms with E-state index in [1.165, 1.54) is 17.8 Å². The molecule has 3 nitrogen and oxygen atoms in total. The first-order chi connectivity index (χ1) is 9.05. The maximum Gasteiger partial charge on any atom is 0.110 e. The summed E-state index contributed by atoms with van der Waals surface area (Å²) in [5.74, 6) is 1.97. The fourth-order valence-electron chi connectivity index (χ4n) is 3.11. The number of fused-ring (bicyclic) bond motifs is 1. The van der Waals surface area contributed by atoms with Crippen LogP contribution < -0.4 is 5.32 Å². The van der Waals surface area contributed by atoms with Gasteiger partial charge in [-0.15, -0.1) is 0 Å². The Balaban J connectivity index is 2.06. The highest BCUT2D eigenvalue weighted by molar-refractivity contribution is 5.76. The van der Waals surface area contributed by atoms with Gasteiger partial charge in [0.25, 0.3) is 0 Å². The summed E-state index contributed by atoms with van der Waals surface area (Å²) < 4.78 is 2.42. The third kappa shape index (κ3) is 2.39. The molecule has 3 rings (SSSR count). The van der Waals surface area contributed by atoms with Crippen LogP contribution in [0, 0.1) is 5.92 Å². The first kappa shape index (κ1) is 12.7. The summed E-state index contributed by atoms with van der Waals surface area (Å²) in [6.07, 6.45) is 2.35. The SMILES string of the molecule is CC(C)(C)n1c(CC2CCNC2)nc2ccccc21. The quantitative estimate of drug-likeness (QED) is 0.896. The van der Waals surface area contributed by atoms with Crippen molar-refractivity contribution in [3.05, 3.63) is 30.1 Å². The second-order valence-corrected chi connectivity index (χ2v) is 6.59. The second kappa shape index (κ2) is 4.64. The fraction of sp³-hybridized carbons (Fsp3) is 0.562. The summed E-state index contributed by atoms with van der Waals surface area (Å²) in [5.41, 5.74) is 2.46. The summed E-state index contributed by atoms with van der Waals surface area (Å²) in [6.45, 7) is 9.07. The molecule has 1 saturated heterocycles. The van der Waals surface area contributed by atoms with Gasteiger partial charge >= 0.3 is 0 Å². The van der Waals surface area contributed by atoms with E-state index >= 15 is 0 Å². The first-order valence-corrected chi connectivity index (χ1v) is 7.23. The molecule has 19 heavy (non-hydrogen) atoms. The Morgan fingerprint density at radius 3 is 2.79 bits per heavy atom. The van der Waals surface area contributed by atoms with E-state index in [9.17, 15) is 0 Å². The van der Waals surface area contributed by atoms with Gasteiger partial charge < -0.3 is 9.88 Å². The molecular formula is C16H23N3. The van der Waals surface area contributed by atoms with Crippen molar-refractivity contribution in [3.8, 4) is 0 Å². The average molecular weight is 257 g/mol. The standard InChI is InChI=1S/C16H23N3/c1-16(2,3)19-14-7-5-4-6-13(14)18-15(19)10-12-8-9-17-11-12/h4-7,12,17H,8-11H2,1-3H3. The van der Waals surface area contributed by atoms with Crippen LogP contribution in [0.2, 0.25) is 0 Å². The third-order valence-corrected chi connectivity index (χ3v) is 3.93. The number of rotatable bonds is 2. The van der Waals surface area contributed by atoms with Crippen LogP contribution in [-0.2, 0) is 12.0 Å². The minimum absolute atomic E-state index is 0.0808. The lowest BCUT2D eigenvalue weighted by atomic mass is 10.0. The van der Waals surface area contributed by atoms with Gasteiger partial charge in [-0.3, -0.25) is 0 Å². The van der Waals surface area contributed by atoms with Crippen molar-refractivity contribution in [3.63, 3.8) is 0 Å². The van der Waals surface area contributed by atoms with Crippen LogP contribution in [-0.4, -0.2) is 22.6 Å². The molecule has 102 valence electrons. The van der Waals surface area contributed by atoms with Crippen molar-refractivity contribution in [2.24, 2.45) is 5.92 Å². The minimum Gasteiger partial charge on any atom is -0.323 e. The lowest BCUT2D eigenvalue weighted by Crippen LogP contribution is -2.25. The molecule has 0 bridgehead atoms. The zero-order chi connectivity index (χ0) is 13.5. The number of hydrogen-bond donors (Lipinski definition) is 1. The molecule has 1 N–H and O–H groups in total. The molecule has 0 amide bonds. The van der Waals surface area contributed by atoms with Crippen LogP contribution in [0.15, 0.2) is 24.3 Å². The number of imidazole rings is 1. The molecule has 0 saturated carbocycles. The predicted octanol–water partition coefficient (Wildman–Crippen LogP) is 2.94. The Morgan fingerprint density at radius 2 is 2.11 bits per heavy atom. The highest BCUT2D eigenvalue weighted by Gasteiger charge is 2.24. The minimum atomic E-state index is 0.0808. The van der Waals surface area contributed by atoms with Crippen molar-refractivity contribution in [2.75, 3.05) is 13.1 Å². The summed E-state index contributed by atoms with van der Waals surface area (Å²) in [4.78, 5) is 4.88. The van der Waals surface area contributed by atoms with Crippen molar-refractivity contribution in [1.82, 2.24) is 14.9 Å². The van der Waals surface area contributed by atoms with E-state index in [1.54, 1.807) is 0 Å². The van der Waals surface area contributed by atoms with Crippen LogP contribution in [0.4, 0.5) is 0 Å². The van der Waals surface area contributed by atoms with Gasteiger partial charge in [0, 0.05) is 12.0 Å². The van der Waals surface area contributed by atoms with Gasteiger partial charge in [-0.05, 0) is 58.3 Å². The molecule has 0 radical (unpaired) electrons. The number of nitrogens with zero attached hydrogens (tertiary/aromatic N) is 2. The molecule has 1 aliphatic heterocycles. The van der Waals surface area contributed by atoms with E-state index in [0.717, 1.165) is 30.9 Å². The Labute approximate surface area is 115 Å². The third-order valence-electron chi connectivity index (χ3n) is 3.93. The molecule has 1 aliphatic rings. The smallest absolute Gasteiger partial charge is 0.110 e. The Hall–Kier alpha value is -1.35. The number of aromatic nitrogens is 2. The van der Waals surface area contributed by atoms with Crippen molar-refractivity contribution in [1.29, 1.82) is 0 Å². The van der Waals surface area contributed by atoms with Gasteiger partial charge in [0.05, 0.1) is 11.0 Å². The highest BCUT2D eigenvalue weighted by atomic mass is 15.1. The van der Waals surface area contributed by atoms with Gasteiger partial charge in [0.2, 0.25) is 0 Å². The number of para-hydroxylation sites is 2. The molecule has 1 unspecified atom stereocenters. The molecule has 1 fully saturated rings. The Kier molecular flexibility index (Phi) is 3.09. The van der Waals surface area contributed by atoms with Gasteiger partial charge in [-0.25, -0.2) is 4.98 Å². The van der Waals surface area contributed by atoms with Gasteiger partial charge in [0.1, 0.15) is 5.82 Å². The van der Waals surface area contributed by atoms with Gasteiger partial charge in [0.15, 0.2) is 0 Å². The summed E-state index contributed by atoms with van der Waals surface area (Å²) in [7, 11) is 0. The summed E-state index contributed by atoms with van der Waals surface area (Å²) >= 11 is 0. The van der Waals surface area contributed by atoms with Crippen LogP contribution in [0.1, 0.15) is 33.0 Å². The molecule has 0 spiro atoms. The summed E-state index contributed by atoms with van der Waals surface area (Å²) in [5, 5.41) is 3.45. The Bertz CT molecular complexity index is 571. The predicted molar refractivity (Wildman–Crippen MR) is 79.4 cm³/mol. The van der Waals surface area contributed by atoms with Gasteiger partial charge in [-0.2, -0.15) is 0 Å². The molecule has 3 heteroatoms. The van der Waals surface area contributed by atoms with Crippen LogP contribution in [0.25, 0.3) is 11.0 Å². The maximum atomic E-state index is 4.88. The first-order valence-electron chi connectivity index (χ1n) is 7.23. The number of benzene rings is 1. The largest absolute Gasteiger partial charge is 0.323 e. The van der Waals surface area contributed by atoms with Crippen LogP contribution in [0.3, 0.4) is 0 Å². The normalized spacial score (nSPS) is 20.3. The lowest BCUT2D eigenvalue weighted by molar-refractivity contribution is 0.384. The van der Waals surface area contributed by atoms with Crippen LogP contribution in [0.5, 0.6) is 0 Å². The summed E-state index contributed by atoms with van der Waals surface area (Å²) in [6, 6.07) is 8.48. The van der Waals surface area contributed by atoms with E-state index in [1.807, 2.05) is 0 Å². The monoisotopic (exact) mass is 257 g/mol. The molecule has 2 heterocycles. The van der Waals surface area contributed by atoms with Crippen molar-refractivity contribution in [2.45, 2.75) is 39.2 Å². The second-order valence-electron chi connectivity index (χ2n) is 6.59. The molecule has 1 aromatic carbocycles. The number of hydrogen-bond acceptors (Lipinski definition) is 2. The Morgan fingerprint density at radius 1 is 1.32 bits per heavy atom. The fourth-order valence-corrected chi connectivity index (χ4v) is 3.11. The van der Waals surface area contributed by atoms with Crippen molar-refractivity contribution >= 4 is 11.0 Å². The average Bonchev–Trinajstić information content (AvgIpc) is 2.94. The molecule has 0 aliphatic carbocycles. The van der Waals surface area contributed by atoms with Crippen molar-refractivity contribution < 1.29 is 0 Å². The maximum absolute atomic E-state index is 4.88. The highest BCUT2D eigenvalue weighted by Crippen LogP contribution is 2.27. The lowest BCUT2D eigenvalue weighted by Gasteiger charge is -2.25. The van der Waals surface area contributed by atoms with E-state index in [0.29, 0.717) is 0 Å². The molecular weight excluding hydrogens is 234 g/mol. The van der Waals surface area contributed by atoms with Gasteiger partial charge in [-0.1, -0.05) is 12.1 Å². The van der Waals surface area contributed by atoms with E-state index in [2.05, 4.69) is 54.9 Å². The van der Waals surface area contributed by atoms with E-state index in [4.69, 9.17) is 4.98 Å². The molecule has 1 atom stereocenters. The van der Waals surface area contributed by atoms with E-state index < -0.39 is 0 Å². The molecule has 1 aromatic heterocycles. The van der Waals surface area contributed by atoms with Crippen LogP contribution >= 0.6 is 0 Å². The zero-order valence-electron chi connectivity index (χ0n) is 12.1. The van der Waals surface area contributed by atoms with E-state index in [-0.39, 0.29) is 5.54 Å². The topological polar surface area (TPSA) is 29.9 Å². The number of nitrogens with one attached hydrogen (secondary N) is 1.